The average Bonchev–Trinajstić information content (AvgIpc) is 1.59. The molecule has 9 nitrogen and oxygen atoms in total. The minimum absolute atomic E-state index is 0.638. The van der Waals surface area contributed by atoms with Crippen molar-refractivity contribution in [3.8, 4) is 124 Å². The van der Waals surface area contributed by atoms with Crippen LogP contribution >= 0.6 is 0 Å². The second kappa shape index (κ2) is 29.9. The molecule has 9 heteroatoms. The van der Waals surface area contributed by atoms with Gasteiger partial charge in [-0.3, -0.25) is 0 Å². The Morgan fingerprint density at radius 2 is 0.426 bits per heavy atom. The number of benzene rings is 18. The third kappa shape index (κ3) is 12.6. The molecule has 570 valence electrons. The molecule has 0 unspecified atom stereocenters. The topological polar surface area (TPSA) is 84.2 Å². The maximum atomic E-state index is 5.08. The van der Waals surface area contributed by atoms with Crippen LogP contribution in [-0.4, -0.2) is 43.2 Å². The Kier molecular flexibility index (Phi) is 17.4. The molecule has 0 saturated heterocycles. The number of para-hydroxylation sites is 5. The smallest absolute Gasteiger partial charge is 0.164 e. The van der Waals surface area contributed by atoms with Gasteiger partial charge in [0, 0.05) is 99.2 Å². The third-order valence-corrected chi connectivity index (χ3v) is 23.9. The second-order valence-electron chi connectivity index (χ2n) is 31.1. The lowest BCUT2D eigenvalue weighted by Gasteiger charge is -2.12. The molecule has 24 aromatic rings. The van der Waals surface area contributed by atoms with Gasteiger partial charge in [-0.2, -0.15) is 0 Å². The Bertz CT molecular complexity index is 8040. The maximum Gasteiger partial charge on any atom is 0.164 e. The molecule has 0 spiro atoms. The first-order valence-electron chi connectivity index (χ1n) is 41.3. The SMILES string of the molecule is c1ccc(-c2cc(-c3ccc(-n4c5ccccc5c5cc(-c6ccc7c8ccccc8n(-c8ccc9ccccc9c8)c7c6)ccc54)cc3)nc(-c3ccccc3)n2)cc1.c1ccc(-c2nc(-c3ccccc3)nc(-c3cccc(-c4ccc(-n5c6ccccc6c6cc(-c7ccc8c9ccccc9n(-c9ccccc9)c8c7)ccc65)cc4)c3)n2)cc1. The Labute approximate surface area is 703 Å². The molecule has 18 aromatic carbocycles. The fourth-order valence-electron chi connectivity index (χ4n) is 18.0. The molecule has 122 heavy (non-hydrogen) atoms. The van der Waals surface area contributed by atoms with E-state index in [4.69, 9.17) is 24.9 Å². The number of fused-ring (bicyclic) bond motifs is 13. The van der Waals surface area contributed by atoms with Crippen LogP contribution in [0.2, 0.25) is 0 Å². The lowest BCUT2D eigenvalue weighted by atomic mass is 10.0. The lowest BCUT2D eigenvalue weighted by Crippen LogP contribution is -2.00. The molecule has 0 N–H and O–H groups in total. The molecular formula is C113H73N9. The molecule has 0 radical (unpaired) electrons. The van der Waals surface area contributed by atoms with E-state index >= 15 is 0 Å². The third-order valence-electron chi connectivity index (χ3n) is 23.9. The van der Waals surface area contributed by atoms with Crippen molar-refractivity contribution < 1.29 is 0 Å². The molecule has 6 heterocycles. The first-order valence-corrected chi connectivity index (χ1v) is 41.3. The van der Waals surface area contributed by atoms with Gasteiger partial charge in [0.15, 0.2) is 23.3 Å². The zero-order valence-electron chi connectivity index (χ0n) is 66.2. The van der Waals surface area contributed by atoms with E-state index in [9.17, 15) is 0 Å². The van der Waals surface area contributed by atoms with Gasteiger partial charge in [0.2, 0.25) is 0 Å². The highest BCUT2D eigenvalue weighted by molar-refractivity contribution is 6.15. The van der Waals surface area contributed by atoms with Crippen molar-refractivity contribution in [2.24, 2.45) is 0 Å². The van der Waals surface area contributed by atoms with Crippen LogP contribution in [0.25, 0.3) is 222 Å². The van der Waals surface area contributed by atoms with Gasteiger partial charge in [0.1, 0.15) is 0 Å². The molecule has 24 rings (SSSR count). The van der Waals surface area contributed by atoms with E-state index in [0.717, 1.165) is 78.6 Å². The van der Waals surface area contributed by atoms with Crippen LogP contribution in [0, 0.1) is 0 Å². The quantitative estimate of drug-likeness (QED) is 0.115. The predicted molar refractivity (Wildman–Crippen MR) is 506 cm³/mol. The minimum Gasteiger partial charge on any atom is -0.309 e. The van der Waals surface area contributed by atoms with Crippen molar-refractivity contribution >= 4 is 98.0 Å². The molecule has 6 aromatic heterocycles. The molecule has 0 bridgehead atoms. The van der Waals surface area contributed by atoms with Crippen LogP contribution in [0.15, 0.2) is 443 Å². The summed E-state index contributed by atoms with van der Waals surface area (Å²) < 4.78 is 9.56. The summed E-state index contributed by atoms with van der Waals surface area (Å²) in [5, 5.41) is 12.4. The molecule has 0 aliphatic rings. The van der Waals surface area contributed by atoms with Crippen molar-refractivity contribution in [1.29, 1.82) is 0 Å². The van der Waals surface area contributed by atoms with Gasteiger partial charge < -0.3 is 18.3 Å². The molecular weight excluding hydrogens is 1480 g/mol. The van der Waals surface area contributed by atoms with E-state index in [2.05, 4.69) is 376 Å². The van der Waals surface area contributed by atoms with Gasteiger partial charge in [-0.25, -0.2) is 24.9 Å². The predicted octanol–water partition coefficient (Wildman–Crippen LogP) is 28.9. The Balaban J connectivity index is 0.000000142. The first-order chi connectivity index (χ1) is 60.5. The first kappa shape index (κ1) is 70.9. The summed E-state index contributed by atoms with van der Waals surface area (Å²) in [7, 11) is 0. The van der Waals surface area contributed by atoms with E-state index < -0.39 is 0 Å². The molecule has 0 aliphatic carbocycles. The van der Waals surface area contributed by atoms with Crippen molar-refractivity contribution in [1.82, 2.24) is 43.2 Å². The highest BCUT2D eigenvalue weighted by atomic mass is 15.0. The number of rotatable bonds is 13. The standard InChI is InChI=1S/C57H37N5.C56H36N4/c1-4-15-39(16-5-1)55-58-56(40-17-6-2-7-18-40)60-57(59-55)44-20-14-19-41(35-44)38-27-31-46(32-28-38)61-52-26-13-11-24-48(52)50-36-42(30-34-53(50)61)43-29-33-49-47-23-10-12-25-51(47)62(54(49)37-43)45-21-8-3-9-22-45;1-3-14-38(15-4-1)50-36-51(58-56(57-50)40-16-5-2-6-17-40)39-24-28-44(29-25-39)59-53-22-12-10-20-47(53)49-34-42(27-32-54(49)59)43-26-31-48-46-19-9-11-21-52(46)60(55(48)35-43)45-30-23-37-13-7-8-18-41(37)33-45/h1-37H;1-36H. The van der Waals surface area contributed by atoms with Crippen LogP contribution in [0.3, 0.4) is 0 Å². The van der Waals surface area contributed by atoms with Gasteiger partial charge in [-0.15, -0.1) is 0 Å². The monoisotopic (exact) mass is 1560 g/mol. The summed E-state index contributed by atoms with van der Waals surface area (Å²) in [6.07, 6.45) is 0. The van der Waals surface area contributed by atoms with E-state index in [1.807, 2.05) is 84.9 Å². The van der Waals surface area contributed by atoms with Crippen molar-refractivity contribution in [2.75, 3.05) is 0 Å². The average molecular weight is 1560 g/mol. The number of aromatic nitrogens is 9. The Hall–Kier alpha value is -16.5. The summed E-state index contributed by atoms with van der Waals surface area (Å²) in [5.74, 6) is 2.65. The summed E-state index contributed by atoms with van der Waals surface area (Å²) in [5.41, 5.74) is 28.7. The molecule has 0 aliphatic heterocycles. The zero-order valence-corrected chi connectivity index (χ0v) is 66.2. The van der Waals surface area contributed by atoms with Crippen molar-refractivity contribution in [3.05, 3.63) is 443 Å². The Morgan fingerprint density at radius 1 is 0.131 bits per heavy atom. The largest absolute Gasteiger partial charge is 0.309 e. The second-order valence-corrected chi connectivity index (χ2v) is 31.1. The highest BCUT2D eigenvalue weighted by Gasteiger charge is 2.22. The normalized spacial score (nSPS) is 11.6. The molecule has 0 saturated carbocycles. The number of nitrogens with zero attached hydrogens (tertiary/aromatic N) is 9. The van der Waals surface area contributed by atoms with Crippen LogP contribution in [0.5, 0.6) is 0 Å². The summed E-state index contributed by atoms with van der Waals surface area (Å²) >= 11 is 0. The fraction of sp³-hybridized carbons (Fsp3) is 0. The summed E-state index contributed by atoms with van der Waals surface area (Å²) in [6, 6.07) is 158. The Morgan fingerprint density at radius 3 is 0.910 bits per heavy atom. The van der Waals surface area contributed by atoms with E-state index in [0.29, 0.717) is 23.3 Å². The van der Waals surface area contributed by atoms with Gasteiger partial charge in [-0.05, 0) is 165 Å². The van der Waals surface area contributed by atoms with E-state index in [-0.39, 0.29) is 0 Å². The summed E-state index contributed by atoms with van der Waals surface area (Å²) in [4.78, 5) is 24.9. The minimum atomic E-state index is 0.638. The van der Waals surface area contributed by atoms with Crippen LogP contribution in [-0.2, 0) is 0 Å². The van der Waals surface area contributed by atoms with E-state index in [1.165, 1.54) is 120 Å². The zero-order chi connectivity index (χ0) is 80.6. The fourth-order valence-corrected chi connectivity index (χ4v) is 18.0. The number of hydrogen-bond acceptors (Lipinski definition) is 5. The van der Waals surface area contributed by atoms with Gasteiger partial charge in [0.25, 0.3) is 0 Å². The van der Waals surface area contributed by atoms with Crippen molar-refractivity contribution in [3.63, 3.8) is 0 Å². The van der Waals surface area contributed by atoms with Gasteiger partial charge >= 0.3 is 0 Å². The molecule has 0 atom stereocenters. The van der Waals surface area contributed by atoms with Crippen LogP contribution in [0.4, 0.5) is 0 Å². The van der Waals surface area contributed by atoms with Gasteiger partial charge in [-0.1, -0.05) is 322 Å². The van der Waals surface area contributed by atoms with Crippen LogP contribution < -0.4 is 0 Å². The number of hydrogen-bond donors (Lipinski definition) is 0. The van der Waals surface area contributed by atoms with E-state index in [1.54, 1.807) is 0 Å². The molecule has 0 fully saturated rings. The highest BCUT2D eigenvalue weighted by Crippen LogP contribution is 2.43. The van der Waals surface area contributed by atoms with Crippen LogP contribution in [0.1, 0.15) is 0 Å². The van der Waals surface area contributed by atoms with Gasteiger partial charge in [0.05, 0.1) is 55.5 Å². The maximum absolute atomic E-state index is 5.08. The van der Waals surface area contributed by atoms with Crippen molar-refractivity contribution in [2.45, 2.75) is 0 Å². The lowest BCUT2D eigenvalue weighted by molar-refractivity contribution is 1.07. The molecule has 0 amide bonds. The summed E-state index contributed by atoms with van der Waals surface area (Å²) in [6.45, 7) is 0.